The number of alkyl halides is 3. The third-order valence-corrected chi connectivity index (χ3v) is 2.59. The maximum atomic E-state index is 12.1. The number of hydrogen-bond acceptors (Lipinski definition) is 1. The fraction of sp³-hybridized carbons (Fsp3) is 0.333. The fourth-order valence-corrected chi connectivity index (χ4v) is 1.46. The van der Waals surface area contributed by atoms with E-state index in [1.54, 1.807) is 24.3 Å². The molecule has 0 unspecified atom stereocenters. The van der Waals surface area contributed by atoms with Crippen LogP contribution in [0.1, 0.15) is 5.56 Å². The van der Waals surface area contributed by atoms with Crippen molar-refractivity contribution in [3.05, 3.63) is 34.3 Å². The van der Waals surface area contributed by atoms with Crippen molar-refractivity contribution in [2.24, 2.45) is 5.73 Å². The number of rotatable bonds is 2. The molecule has 0 aliphatic heterocycles. The molecule has 0 spiro atoms. The van der Waals surface area contributed by atoms with Gasteiger partial charge in [-0.3, -0.25) is 0 Å². The molecule has 0 fully saturated rings. The maximum Gasteiger partial charge on any atom is 0.403 e. The van der Waals surface area contributed by atoms with Crippen LogP contribution in [0.5, 0.6) is 0 Å². The number of nitrogens with two attached hydrogens (primary N) is 1. The molecule has 78 valence electrons. The van der Waals surface area contributed by atoms with Gasteiger partial charge in [-0.25, -0.2) is 0 Å². The summed E-state index contributed by atoms with van der Waals surface area (Å²) in [6.45, 7) is 0. The molecule has 1 rings (SSSR count). The molecule has 14 heavy (non-hydrogen) atoms. The van der Waals surface area contributed by atoms with Gasteiger partial charge in [0.1, 0.15) is 6.04 Å². The highest BCUT2D eigenvalue weighted by atomic mass is 79.9. The molecular weight excluding hydrogens is 259 g/mol. The Morgan fingerprint density at radius 1 is 1.29 bits per heavy atom. The smallest absolute Gasteiger partial charge is 0.320 e. The normalized spacial score (nSPS) is 14.1. The Morgan fingerprint density at radius 2 is 1.86 bits per heavy atom. The average Bonchev–Trinajstić information content (AvgIpc) is 2.07. The molecule has 0 aliphatic carbocycles. The molecule has 0 aliphatic rings. The minimum atomic E-state index is -4.34. The maximum absolute atomic E-state index is 12.1. The zero-order chi connectivity index (χ0) is 10.8. The molecule has 0 radical (unpaired) electrons. The van der Waals surface area contributed by atoms with Gasteiger partial charge in [0, 0.05) is 4.47 Å². The van der Waals surface area contributed by atoms with Crippen molar-refractivity contribution in [1.29, 1.82) is 0 Å². The van der Waals surface area contributed by atoms with E-state index in [0.29, 0.717) is 10.0 Å². The first-order chi connectivity index (χ1) is 6.41. The molecule has 1 nitrogen and oxygen atoms in total. The predicted octanol–water partition coefficient (Wildman–Crippen LogP) is 2.88. The lowest BCUT2D eigenvalue weighted by atomic mass is 10.1. The SMILES string of the molecule is N[C@H](Cc1ccccc1Br)C(F)(F)F. The molecule has 0 amide bonds. The fourth-order valence-electron chi connectivity index (χ4n) is 1.02. The van der Waals surface area contributed by atoms with Crippen LogP contribution >= 0.6 is 15.9 Å². The highest BCUT2D eigenvalue weighted by molar-refractivity contribution is 9.10. The zero-order valence-corrected chi connectivity index (χ0v) is 8.77. The molecule has 0 bridgehead atoms. The van der Waals surface area contributed by atoms with E-state index < -0.39 is 12.2 Å². The first-order valence-corrected chi connectivity index (χ1v) is 4.76. The van der Waals surface area contributed by atoms with Crippen molar-refractivity contribution >= 4 is 15.9 Å². The largest absolute Gasteiger partial charge is 0.403 e. The lowest BCUT2D eigenvalue weighted by molar-refractivity contribution is -0.147. The van der Waals surface area contributed by atoms with Crippen LogP contribution in [0.25, 0.3) is 0 Å². The predicted molar refractivity (Wildman–Crippen MR) is 51.9 cm³/mol. The Kier molecular flexibility index (Phi) is 3.55. The van der Waals surface area contributed by atoms with E-state index >= 15 is 0 Å². The second kappa shape index (κ2) is 4.31. The van der Waals surface area contributed by atoms with E-state index in [1.165, 1.54) is 0 Å². The Bertz CT molecular complexity index is 311. The number of hydrogen-bond donors (Lipinski definition) is 1. The van der Waals surface area contributed by atoms with Gasteiger partial charge in [0.2, 0.25) is 0 Å². The third kappa shape index (κ3) is 2.99. The highest BCUT2D eigenvalue weighted by Crippen LogP contribution is 2.24. The van der Waals surface area contributed by atoms with Crippen molar-refractivity contribution in [2.45, 2.75) is 18.6 Å². The number of benzene rings is 1. The molecule has 0 aromatic heterocycles. The van der Waals surface area contributed by atoms with Crippen LogP contribution in [0.3, 0.4) is 0 Å². The van der Waals surface area contributed by atoms with E-state index in [2.05, 4.69) is 15.9 Å². The van der Waals surface area contributed by atoms with Crippen molar-refractivity contribution in [2.75, 3.05) is 0 Å². The van der Waals surface area contributed by atoms with Crippen LogP contribution in [0.15, 0.2) is 28.7 Å². The second-order valence-corrected chi connectivity index (χ2v) is 3.80. The average molecular weight is 268 g/mol. The van der Waals surface area contributed by atoms with E-state index in [-0.39, 0.29) is 6.42 Å². The monoisotopic (exact) mass is 267 g/mol. The van der Waals surface area contributed by atoms with Gasteiger partial charge in [-0.15, -0.1) is 0 Å². The van der Waals surface area contributed by atoms with Gasteiger partial charge < -0.3 is 5.73 Å². The van der Waals surface area contributed by atoms with Gasteiger partial charge in [-0.05, 0) is 18.1 Å². The Hall–Kier alpha value is -0.550. The van der Waals surface area contributed by atoms with Gasteiger partial charge in [0.15, 0.2) is 0 Å². The van der Waals surface area contributed by atoms with Gasteiger partial charge in [0.05, 0.1) is 0 Å². The van der Waals surface area contributed by atoms with Crippen molar-refractivity contribution in [3.8, 4) is 0 Å². The molecule has 0 saturated carbocycles. The van der Waals surface area contributed by atoms with Gasteiger partial charge in [0.25, 0.3) is 0 Å². The standard InChI is InChI=1S/C9H9BrF3N/c10-7-4-2-1-3-6(7)5-8(14)9(11,12)13/h1-4,8H,5,14H2/t8-/m1/s1. The van der Waals surface area contributed by atoms with Gasteiger partial charge >= 0.3 is 6.18 Å². The van der Waals surface area contributed by atoms with Gasteiger partial charge in [-0.1, -0.05) is 34.1 Å². The topological polar surface area (TPSA) is 26.0 Å². The first-order valence-electron chi connectivity index (χ1n) is 3.97. The Morgan fingerprint density at radius 3 is 2.36 bits per heavy atom. The quantitative estimate of drug-likeness (QED) is 0.876. The van der Waals surface area contributed by atoms with E-state index in [4.69, 9.17) is 5.73 Å². The molecule has 1 atom stereocenters. The summed E-state index contributed by atoms with van der Waals surface area (Å²) in [4.78, 5) is 0. The summed E-state index contributed by atoms with van der Waals surface area (Å²) in [5, 5.41) is 0. The van der Waals surface area contributed by atoms with Crippen molar-refractivity contribution < 1.29 is 13.2 Å². The second-order valence-electron chi connectivity index (χ2n) is 2.94. The molecule has 1 aromatic rings. The van der Waals surface area contributed by atoms with Crippen LogP contribution in [0.4, 0.5) is 13.2 Å². The zero-order valence-electron chi connectivity index (χ0n) is 7.18. The lowest BCUT2D eigenvalue weighted by Crippen LogP contribution is -2.39. The summed E-state index contributed by atoms with van der Waals surface area (Å²) < 4.78 is 37.0. The van der Waals surface area contributed by atoms with E-state index in [0.717, 1.165) is 0 Å². The Labute approximate surface area is 88.2 Å². The highest BCUT2D eigenvalue weighted by Gasteiger charge is 2.36. The van der Waals surface area contributed by atoms with Crippen LogP contribution in [0, 0.1) is 0 Å². The first kappa shape index (κ1) is 11.5. The molecule has 0 heterocycles. The summed E-state index contributed by atoms with van der Waals surface area (Å²) >= 11 is 3.17. The summed E-state index contributed by atoms with van der Waals surface area (Å²) in [6.07, 6.45) is -4.54. The van der Waals surface area contributed by atoms with E-state index in [9.17, 15) is 13.2 Å². The summed E-state index contributed by atoms with van der Waals surface area (Å²) in [5.41, 5.74) is 5.57. The molecular formula is C9H9BrF3N. The van der Waals surface area contributed by atoms with Crippen LogP contribution < -0.4 is 5.73 Å². The van der Waals surface area contributed by atoms with E-state index in [1.807, 2.05) is 0 Å². The third-order valence-electron chi connectivity index (χ3n) is 1.82. The minimum absolute atomic E-state index is 0.203. The minimum Gasteiger partial charge on any atom is -0.320 e. The van der Waals surface area contributed by atoms with Crippen molar-refractivity contribution in [1.82, 2.24) is 0 Å². The van der Waals surface area contributed by atoms with Crippen molar-refractivity contribution in [3.63, 3.8) is 0 Å². The Balaban J connectivity index is 2.75. The molecule has 0 saturated heterocycles. The molecule has 1 aromatic carbocycles. The summed E-state index contributed by atoms with van der Waals surface area (Å²) in [5.74, 6) is 0. The van der Waals surface area contributed by atoms with Crippen LogP contribution in [-0.4, -0.2) is 12.2 Å². The van der Waals surface area contributed by atoms with Gasteiger partial charge in [-0.2, -0.15) is 13.2 Å². The van der Waals surface area contributed by atoms with Crippen LogP contribution in [-0.2, 0) is 6.42 Å². The molecule has 2 N–H and O–H groups in total. The lowest BCUT2D eigenvalue weighted by Gasteiger charge is -2.15. The summed E-state index contributed by atoms with van der Waals surface area (Å²) in [7, 11) is 0. The number of halogens is 4. The molecule has 5 heteroatoms. The summed E-state index contributed by atoms with van der Waals surface area (Å²) in [6, 6.07) is 4.94. The van der Waals surface area contributed by atoms with Crippen LogP contribution in [0.2, 0.25) is 0 Å².